The molecule has 0 spiro atoms. The van der Waals surface area contributed by atoms with Gasteiger partial charge in [-0.05, 0) is 18.1 Å². The minimum atomic E-state index is -0.955. The number of carbonyl (C=O) groups excluding carboxylic acids is 1. The quantitative estimate of drug-likeness (QED) is 0.745. The molecule has 1 aromatic rings. The highest BCUT2D eigenvalue weighted by Gasteiger charge is 2.29. The summed E-state index contributed by atoms with van der Waals surface area (Å²) in [5.74, 6) is -1.08. The van der Waals surface area contributed by atoms with Gasteiger partial charge in [0.15, 0.2) is 6.73 Å². The van der Waals surface area contributed by atoms with Crippen LogP contribution in [-0.2, 0) is 14.3 Å². The summed E-state index contributed by atoms with van der Waals surface area (Å²) in [6.07, 6.45) is 0. The molecule has 97 valence electrons. The van der Waals surface area contributed by atoms with E-state index in [1.54, 1.807) is 38.1 Å². The Hall–Kier alpha value is -2.04. The second-order valence-corrected chi connectivity index (χ2v) is 4.19. The van der Waals surface area contributed by atoms with Crippen molar-refractivity contribution in [3.63, 3.8) is 0 Å². The summed E-state index contributed by atoms with van der Waals surface area (Å²) < 4.78 is 4.59. The lowest BCUT2D eigenvalue weighted by molar-refractivity contribution is -0.139. The Morgan fingerprint density at radius 3 is 2.44 bits per heavy atom. The molecule has 0 aromatic heterocycles. The van der Waals surface area contributed by atoms with Crippen molar-refractivity contribution in [1.29, 1.82) is 0 Å². The van der Waals surface area contributed by atoms with E-state index < -0.39 is 12.0 Å². The van der Waals surface area contributed by atoms with E-state index in [1.165, 1.54) is 11.4 Å². The molecule has 1 aromatic carbocycles. The zero-order chi connectivity index (χ0) is 13.5. The summed E-state index contributed by atoms with van der Waals surface area (Å²) >= 11 is 0. The molecular formula is C13H16NO4. The number of carboxylic acids is 1. The molecule has 0 aliphatic carbocycles. The van der Waals surface area contributed by atoms with Gasteiger partial charge in [0.05, 0.1) is 0 Å². The molecule has 0 bridgehead atoms. The molecule has 18 heavy (non-hydrogen) atoms. The molecule has 1 atom stereocenters. The van der Waals surface area contributed by atoms with Crippen LogP contribution in [0.1, 0.15) is 13.8 Å². The van der Waals surface area contributed by atoms with Crippen LogP contribution in [-0.4, -0.2) is 30.3 Å². The van der Waals surface area contributed by atoms with Crippen LogP contribution >= 0.6 is 0 Å². The second-order valence-electron chi connectivity index (χ2n) is 4.19. The van der Waals surface area contributed by atoms with Gasteiger partial charge in [0.2, 0.25) is 0 Å². The van der Waals surface area contributed by atoms with Gasteiger partial charge >= 0.3 is 12.4 Å². The molecule has 0 heterocycles. The average molecular weight is 250 g/mol. The third kappa shape index (κ3) is 3.48. The highest BCUT2D eigenvalue weighted by molar-refractivity contribution is 5.78. The molecule has 0 saturated heterocycles. The topological polar surface area (TPSA) is 66.8 Å². The monoisotopic (exact) mass is 250 g/mol. The Morgan fingerprint density at radius 1 is 1.39 bits per heavy atom. The van der Waals surface area contributed by atoms with Gasteiger partial charge in [-0.3, -0.25) is 0 Å². The van der Waals surface area contributed by atoms with Crippen molar-refractivity contribution in [3.05, 3.63) is 30.3 Å². The second kappa shape index (κ2) is 6.64. The molecule has 1 radical (unpaired) electrons. The fourth-order valence-corrected chi connectivity index (χ4v) is 1.81. The summed E-state index contributed by atoms with van der Waals surface area (Å²) in [4.78, 5) is 23.0. The van der Waals surface area contributed by atoms with Crippen LogP contribution in [0.15, 0.2) is 30.3 Å². The van der Waals surface area contributed by atoms with E-state index in [2.05, 4.69) is 4.74 Å². The highest BCUT2D eigenvalue weighted by atomic mass is 16.5. The molecule has 0 aliphatic heterocycles. The first-order chi connectivity index (χ1) is 8.57. The van der Waals surface area contributed by atoms with E-state index in [0.29, 0.717) is 5.69 Å². The molecule has 1 rings (SSSR count). The average Bonchev–Trinajstić information content (AvgIpc) is 2.34. The van der Waals surface area contributed by atoms with E-state index in [9.17, 15) is 14.7 Å². The number of rotatable bonds is 7. The van der Waals surface area contributed by atoms with Crippen molar-refractivity contribution >= 4 is 18.1 Å². The number of para-hydroxylation sites is 1. The third-order valence-corrected chi connectivity index (χ3v) is 2.57. The lowest BCUT2D eigenvalue weighted by atomic mass is 10.0. The van der Waals surface area contributed by atoms with Gasteiger partial charge in [-0.2, -0.15) is 0 Å². The van der Waals surface area contributed by atoms with Gasteiger partial charge in [-0.1, -0.05) is 32.0 Å². The minimum absolute atomic E-state index is 0.127. The van der Waals surface area contributed by atoms with Crippen molar-refractivity contribution in [2.75, 3.05) is 11.6 Å². The Kier molecular flexibility index (Phi) is 5.17. The summed E-state index contributed by atoms with van der Waals surface area (Å²) in [6.45, 7) is 4.79. The zero-order valence-corrected chi connectivity index (χ0v) is 10.4. The largest absolute Gasteiger partial charge is 0.480 e. The van der Waals surface area contributed by atoms with Crippen molar-refractivity contribution in [3.8, 4) is 0 Å². The van der Waals surface area contributed by atoms with Crippen molar-refractivity contribution < 1.29 is 19.4 Å². The minimum Gasteiger partial charge on any atom is -0.480 e. The number of carboxylic acid groups (broad SMARTS) is 1. The Morgan fingerprint density at radius 2 is 2.00 bits per heavy atom. The van der Waals surface area contributed by atoms with Crippen LogP contribution in [0.4, 0.5) is 5.69 Å². The maximum absolute atomic E-state index is 11.3. The summed E-state index contributed by atoms with van der Waals surface area (Å²) in [5.41, 5.74) is 0.689. The van der Waals surface area contributed by atoms with E-state index in [-0.39, 0.29) is 12.6 Å². The maximum atomic E-state index is 11.3. The Labute approximate surface area is 106 Å². The third-order valence-electron chi connectivity index (χ3n) is 2.57. The SMILES string of the molecule is CC(C)[C@@H](C(=O)O)N(CO[C]=O)c1ccccc1. The van der Waals surface area contributed by atoms with Crippen molar-refractivity contribution in [2.45, 2.75) is 19.9 Å². The van der Waals surface area contributed by atoms with E-state index >= 15 is 0 Å². The summed E-state index contributed by atoms with van der Waals surface area (Å²) in [6, 6.07) is 8.21. The Bertz CT molecular complexity index is 391. The molecule has 1 N–H and O–H groups in total. The van der Waals surface area contributed by atoms with Gasteiger partial charge < -0.3 is 14.7 Å². The van der Waals surface area contributed by atoms with E-state index in [0.717, 1.165) is 0 Å². The number of nitrogens with zero attached hydrogens (tertiary/aromatic N) is 1. The predicted molar refractivity (Wildman–Crippen MR) is 66.8 cm³/mol. The molecule has 0 fully saturated rings. The van der Waals surface area contributed by atoms with Gasteiger partial charge in [0.25, 0.3) is 0 Å². The summed E-state index contributed by atoms with van der Waals surface area (Å²) in [5, 5.41) is 9.28. The lowest BCUT2D eigenvalue weighted by Gasteiger charge is -2.32. The van der Waals surface area contributed by atoms with Crippen LogP contribution in [0.2, 0.25) is 0 Å². The Balaban J connectivity index is 3.03. The molecule has 5 nitrogen and oxygen atoms in total. The standard InChI is InChI=1S/C13H16NO4/c1-10(2)12(13(16)17)14(8-18-9-15)11-6-4-3-5-7-11/h3-7,10,12H,8H2,1-2H3,(H,16,17)/t12-/m0/s1. The molecule has 0 saturated carbocycles. The molecule has 0 aliphatic rings. The predicted octanol–water partition coefficient (Wildman–Crippen LogP) is 1.64. The van der Waals surface area contributed by atoms with Gasteiger partial charge in [-0.25, -0.2) is 9.59 Å². The number of benzene rings is 1. The van der Waals surface area contributed by atoms with E-state index in [4.69, 9.17) is 0 Å². The van der Waals surface area contributed by atoms with Crippen LogP contribution in [0.3, 0.4) is 0 Å². The summed E-state index contributed by atoms with van der Waals surface area (Å²) in [7, 11) is 0. The molecule has 0 unspecified atom stereocenters. The number of hydrogen-bond donors (Lipinski definition) is 1. The number of carbonyl (C=O) groups is 1. The fourth-order valence-electron chi connectivity index (χ4n) is 1.81. The van der Waals surface area contributed by atoms with Gasteiger partial charge in [0.1, 0.15) is 6.04 Å². The van der Waals surface area contributed by atoms with Gasteiger partial charge in [-0.15, -0.1) is 0 Å². The van der Waals surface area contributed by atoms with Crippen LogP contribution in [0, 0.1) is 5.92 Å². The number of hydrogen-bond acceptors (Lipinski definition) is 4. The van der Waals surface area contributed by atoms with Crippen LogP contribution in [0.25, 0.3) is 0 Å². The number of anilines is 1. The highest BCUT2D eigenvalue weighted by Crippen LogP contribution is 2.20. The first-order valence-electron chi connectivity index (χ1n) is 5.61. The zero-order valence-electron chi connectivity index (χ0n) is 10.4. The molecular weight excluding hydrogens is 234 g/mol. The fraction of sp³-hybridized carbons (Fsp3) is 0.385. The first-order valence-corrected chi connectivity index (χ1v) is 5.61. The van der Waals surface area contributed by atoms with Gasteiger partial charge in [0, 0.05) is 5.69 Å². The van der Waals surface area contributed by atoms with Crippen LogP contribution < -0.4 is 4.90 Å². The first kappa shape index (κ1) is 14.0. The smallest absolute Gasteiger partial charge is 0.419 e. The van der Waals surface area contributed by atoms with Crippen molar-refractivity contribution in [1.82, 2.24) is 0 Å². The number of ether oxygens (including phenoxy) is 1. The molecule has 0 amide bonds. The lowest BCUT2D eigenvalue weighted by Crippen LogP contribution is -2.46. The number of aliphatic carboxylic acids is 1. The molecule has 5 heteroatoms. The van der Waals surface area contributed by atoms with E-state index in [1.807, 2.05) is 6.07 Å². The van der Waals surface area contributed by atoms with Crippen LogP contribution in [0.5, 0.6) is 0 Å². The van der Waals surface area contributed by atoms with Crippen molar-refractivity contribution in [2.24, 2.45) is 5.92 Å². The normalized spacial score (nSPS) is 11.9. The maximum Gasteiger partial charge on any atom is 0.419 e.